The summed E-state index contributed by atoms with van der Waals surface area (Å²) in [7, 11) is 2.11. The van der Waals surface area contributed by atoms with Crippen LogP contribution in [0.1, 0.15) is 28.8 Å². The highest BCUT2D eigenvalue weighted by atomic mass is 16.5. The topological polar surface area (TPSA) is 93.4 Å². The summed E-state index contributed by atoms with van der Waals surface area (Å²) in [6.45, 7) is 4.03. The number of hydrogen-bond acceptors (Lipinski definition) is 6. The number of amides is 1. The van der Waals surface area contributed by atoms with Crippen LogP contribution in [0.15, 0.2) is 42.6 Å². The third-order valence-corrected chi connectivity index (χ3v) is 5.15. The first kappa shape index (κ1) is 19.1. The lowest BCUT2D eigenvalue weighted by Crippen LogP contribution is -2.35. The van der Waals surface area contributed by atoms with Gasteiger partial charge in [0.05, 0.1) is 5.52 Å². The van der Waals surface area contributed by atoms with E-state index in [4.69, 9.17) is 10.5 Å². The number of benzene rings is 2. The zero-order valence-corrected chi connectivity index (χ0v) is 16.7. The van der Waals surface area contributed by atoms with E-state index in [0.29, 0.717) is 22.9 Å². The molecule has 2 aromatic carbocycles. The zero-order valence-electron chi connectivity index (χ0n) is 16.7. The van der Waals surface area contributed by atoms with E-state index in [0.717, 1.165) is 42.4 Å². The lowest BCUT2D eigenvalue weighted by molar-refractivity contribution is 0.0996. The fourth-order valence-corrected chi connectivity index (χ4v) is 3.52. The first-order chi connectivity index (χ1) is 14.0. The largest absolute Gasteiger partial charge is 0.490 e. The molecule has 7 nitrogen and oxygen atoms in total. The summed E-state index contributed by atoms with van der Waals surface area (Å²) in [6.07, 6.45) is 3.81. The second-order valence-electron chi connectivity index (χ2n) is 7.61. The number of nitrogens with zero attached hydrogens (tertiary/aromatic N) is 3. The number of rotatable bonds is 5. The van der Waals surface area contributed by atoms with Crippen molar-refractivity contribution in [2.45, 2.75) is 25.9 Å². The van der Waals surface area contributed by atoms with Crippen LogP contribution in [-0.2, 0) is 0 Å². The second kappa shape index (κ2) is 8.05. The number of aromatic nitrogens is 2. The molecule has 0 spiro atoms. The van der Waals surface area contributed by atoms with E-state index in [-0.39, 0.29) is 6.10 Å². The monoisotopic (exact) mass is 391 g/mol. The molecule has 1 aliphatic heterocycles. The van der Waals surface area contributed by atoms with Crippen molar-refractivity contribution in [2.75, 3.05) is 25.5 Å². The summed E-state index contributed by atoms with van der Waals surface area (Å²) < 4.78 is 6.14. The number of fused-ring (bicyclic) bond motifs is 1. The Labute approximate surface area is 169 Å². The van der Waals surface area contributed by atoms with Gasteiger partial charge < -0.3 is 20.7 Å². The van der Waals surface area contributed by atoms with Crippen LogP contribution in [0.3, 0.4) is 0 Å². The van der Waals surface area contributed by atoms with Crippen LogP contribution >= 0.6 is 0 Å². The van der Waals surface area contributed by atoms with Gasteiger partial charge in [-0.05, 0) is 51.1 Å². The Morgan fingerprint density at radius 1 is 1.21 bits per heavy atom. The van der Waals surface area contributed by atoms with E-state index in [9.17, 15) is 4.79 Å². The normalized spacial score (nSPS) is 15.4. The zero-order chi connectivity index (χ0) is 20.4. The molecule has 1 aromatic heterocycles. The number of carbonyl (C=O) groups excluding carboxylic acids is 1. The van der Waals surface area contributed by atoms with Crippen LogP contribution in [0, 0.1) is 6.92 Å². The number of primary amides is 1. The van der Waals surface area contributed by atoms with Crippen molar-refractivity contribution < 1.29 is 9.53 Å². The minimum atomic E-state index is -0.503. The third-order valence-electron chi connectivity index (χ3n) is 5.15. The molecule has 2 heterocycles. The maximum Gasteiger partial charge on any atom is 0.248 e. The number of nitrogens with one attached hydrogen (secondary N) is 1. The maximum atomic E-state index is 11.8. The maximum absolute atomic E-state index is 11.8. The van der Waals surface area contributed by atoms with Gasteiger partial charge in [0.25, 0.3) is 0 Å². The minimum absolute atomic E-state index is 0.127. The molecule has 1 fully saturated rings. The van der Waals surface area contributed by atoms with Gasteiger partial charge in [-0.3, -0.25) is 4.79 Å². The van der Waals surface area contributed by atoms with Crippen LogP contribution < -0.4 is 15.8 Å². The Balaban J connectivity index is 1.58. The number of nitrogens with two attached hydrogens (primary N) is 1. The lowest BCUT2D eigenvalue weighted by Gasteiger charge is -2.29. The van der Waals surface area contributed by atoms with Crippen LogP contribution in [0.4, 0.5) is 11.6 Å². The average Bonchev–Trinajstić information content (AvgIpc) is 2.70. The molecule has 1 saturated heterocycles. The van der Waals surface area contributed by atoms with Crippen LogP contribution in [0.25, 0.3) is 10.9 Å². The lowest BCUT2D eigenvalue weighted by atomic mass is 10.1. The standard InChI is InChI=1S/C22H25N5O2/c1-14-3-4-20-16(9-14)13-24-22(26-20)25-17-10-15(21(23)28)11-19(12-17)29-18-5-7-27(2)8-6-18/h3-4,9-13,18H,5-8H2,1-2H3,(H2,23,28)(H,24,25,26). The van der Waals surface area contributed by atoms with Gasteiger partial charge in [0, 0.05) is 42.0 Å². The number of hydrogen-bond donors (Lipinski definition) is 2. The molecule has 7 heteroatoms. The minimum Gasteiger partial charge on any atom is -0.490 e. The molecule has 0 saturated carbocycles. The van der Waals surface area contributed by atoms with E-state index in [1.807, 2.05) is 31.2 Å². The van der Waals surface area contributed by atoms with Gasteiger partial charge >= 0.3 is 0 Å². The molecule has 0 radical (unpaired) electrons. The van der Waals surface area contributed by atoms with Crippen molar-refractivity contribution in [1.82, 2.24) is 14.9 Å². The van der Waals surface area contributed by atoms with Crippen molar-refractivity contribution in [2.24, 2.45) is 5.73 Å². The molecular weight excluding hydrogens is 366 g/mol. The van der Waals surface area contributed by atoms with E-state index in [1.165, 1.54) is 0 Å². The molecule has 4 rings (SSSR count). The van der Waals surface area contributed by atoms with Gasteiger partial charge in [-0.25, -0.2) is 9.97 Å². The molecule has 0 unspecified atom stereocenters. The molecule has 3 aromatic rings. The van der Waals surface area contributed by atoms with Gasteiger partial charge in [-0.15, -0.1) is 0 Å². The Kier molecular flexibility index (Phi) is 5.31. The molecule has 0 bridgehead atoms. The first-order valence-corrected chi connectivity index (χ1v) is 9.77. The smallest absolute Gasteiger partial charge is 0.248 e. The van der Waals surface area contributed by atoms with Crippen molar-refractivity contribution in [3.05, 3.63) is 53.7 Å². The number of anilines is 2. The highest BCUT2D eigenvalue weighted by Crippen LogP contribution is 2.26. The average molecular weight is 391 g/mol. The molecule has 29 heavy (non-hydrogen) atoms. The van der Waals surface area contributed by atoms with Gasteiger partial charge in [0.2, 0.25) is 11.9 Å². The summed E-state index contributed by atoms with van der Waals surface area (Å²) in [5.74, 6) is 0.569. The highest BCUT2D eigenvalue weighted by molar-refractivity contribution is 5.94. The van der Waals surface area contributed by atoms with Gasteiger partial charge in [-0.2, -0.15) is 0 Å². The Morgan fingerprint density at radius 2 is 2.00 bits per heavy atom. The summed E-state index contributed by atoms with van der Waals surface area (Å²) >= 11 is 0. The van der Waals surface area contributed by atoms with Crippen molar-refractivity contribution >= 4 is 28.4 Å². The molecule has 0 atom stereocenters. The molecule has 150 valence electrons. The SMILES string of the molecule is Cc1ccc2nc(Nc3cc(OC4CCN(C)CC4)cc(C(N)=O)c3)ncc2c1. The summed E-state index contributed by atoms with van der Waals surface area (Å²) in [4.78, 5) is 23.0. The van der Waals surface area contributed by atoms with Gasteiger partial charge in [-0.1, -0.05) is 11.6 Å². The van der Waals surface area contributed by atoms with Crippen LogP contribution in [0.2, 0.25) is 0 Å². The van der Waals surface area contributed by atoms with Gasteiger partial charge in [0.15, 0.2) is 0 Å². The summed E-state index contributed by atoms with van der Waals surface area (Å²) in [5, 5.41) is 4.15. The summed E-state index contributed by atoms with van der Waals surface area (Å²) in [5.41, 5.74) is 8.58. The Morgan fingerprint density at radius 3 is 2.76 bits per heavy atom. The molecule has 1 aliphatic rings. The fraction of sp³-hybridized carbons (Fsp3) is 0.318. The van der Waals surface area contributed by atoms with Crippen molar-refractivity contribution in [1.29, 1.82) is 0 Å². The van der Waals surface area contributed by atoms with Gasteiger partial charge in [0.1, 0.15) is 11.9 Å². The van der Waals surface area contributed by atoms with Crippen LogP contribution in [-0.4, -0.2) is 47.0 Å². The number of aryl methyl sites for hydroxylation is 1. The Bertz CT molecular complexity index is 1040. The predicted octanol–water partition coefficient (Wildman–Crippen LogP) is 3.25. The second-order valence-corrected chi connectivity index (χ2v) is 7.61. The van der Waals surface area contributed by atoms with E-state index in [2.05, 4.69) is 27.2 Å². The third kappa shape index (κ3) is 4.63. The molecule has 0 aliphatic carbocycles. The van der Waals surface area contributed by atoms with Crippen molar-refractivity contribution in [3.63, 3.8) is 0 Å². The number of carbonyl (C=O) groups is 1. The number of likely N-dealkylation sites (tertiary alicyclic amines) is 1. The Hall–Kier alpha value is -3.19. The molecule has 1 amide bonds. The van der Waals surface area contributed by atoms with E-state index < -0.39 is 5.91 Å². The predicted molar refractivity (Wildman–Crippen MR) is 114 cm³/mol. The number of piperidine rings is 1. The first-order valence-electron chi connectivity index (χ1n) is 9.77. The summed E-state index contributed by atoms with van der Waals surface area (Å²) in [6, 6.07) is 11.3. The van der Waals surface area contributed by atoms with Crippen molar-refractivity contribution in [3.8, 4) is 5.75 Å². The van der Waals surface area contributed by atoms with Crippen LogP contribution in [0.5, 0.6) is 5.75 Å². The molecular formula is C22H25N5O2. The number of ether oxygens (including phenoxy) is 1. The van der Waals surface area contributed by atoms with E-state index in [1.54, 1.807) is 18.3 Å². The quantitative estimate of drug-likeness (QED) is 0.693. The fourth-order valence-electron chi connectivity index (χ4n) is 3.52. The molecule has 3 N–H and O–H groups in total. The van der Waals surface area contributed by atoms with E-state index >= 15 is 0 Å². The highest BCUT2D eigenvalue weighted by Gasteiger charge is 2.19.